The number of hydrogen-bond donors (Lipinski definition) is 1. The van der Waals surface area contributed by atoms with Crippen LogP contribution in [-0.4, -0.2) is 16.5 Å². The first-order chi connectivity index (χ1) is 10.6. The molecule has 0 saturated carbocycles. The predicted molar refractivity (Wildman–Crippen MR) is 78.0 cm³/mol. The molecule has 0 atom stereocenters. The quantitative estimate of drug-likeness (QED) is 0.798. The maximum atomic E-state index is 13.9. The van der Waals surface area contributed by atoms with Crippen LogP contribution in [0.4, 0.5) is 19.0 Å². The molecule has 0 fully saturated rings. The molecule has 0 aliphatic rings. The lowest BCUT2D eigenvalue weighted by molar-refractivity contribution is 0.572. The monoisotopic (exact) mass is 303 g/mol. The lowest BCUT2D eigenvalue weighted by Gasteiger charge is -2.09. The van der Waals surface area contributed by atoms with Crippen molar-refractivity contribution < 1.29 is 13.2 Å². The number of anilines is 1. The van der Waals surface area contributed by atoms with Crippen molar-refractivity contribution >= 4 is 16.7 Å². The molecule has 0 aliphatic heterocycles. The van der Waals surface area contributed by atoms with E-state index in [0.717, 1.165) is 6.07 Å². The Bertz CT molecular complexity index is 816. The molecule has 6 heteroatoms. The van der Waals surface area contributed by atoms with Gasteiger partial charge in [0.25, 0.3) is 0 Å². The third-order valence-electron chi connectivity index (χ3n) is 3.31. The Morgan fingerprint density at radius 2 is 1.82 bits per heavy atom. The van der Waals surface area contributed by atoms with Gasteiger partial charge in [-0.1, -0.05) is 12.1 Å². The predicted octanol–water partition coefficient (Wildman–Crippen LogP) is 3.70. The van der Waals surface area contributed by atoms with Crippen molar-refractivity contribution in [1.29, 1.82) is 0 Å². The van der Waals surface area contributed by atoms with Crippen molar-refractivity contribution in [3.8, 4) is 0 Å². The Kier molecular flexibility index (Phi) is 3.91. The van der Waals surface area contributed by atoms with E-state index < -0.39 is 17.5 Å². The Labute approximate surface area is 124 Å². The smallest absolute Gasteiger partial charge is 0.140 e. The molecular formula is C16H12F3N3. The summed E-state index contributed by atoms with van der Waals surface area (Å²) >= 11 is 0. The Balaban J connectivity index is 1.77. The fraction of sp³-hybridized carbons (Fsp3) is 0.125. The Morgan fingerprint density at radius 3 is 2.64 bits per heavy atom. The molecule has 3 nitrogen and oxygen atoms in total. The van der Waals surface area contributed by atoms with Crippen LogP contribution in [0, 0.1) is 17.5 Å². The fourth-order valence-electron chi connectivity index (χ4n) is 2.24. The number of benzene rings is 2. The number of rotatable bonds is 4. The molecule has 112 valence electrons. The van der Waals surface area contributed by atoms with Gasteiger partial charge in [-0.3, -0.25) is 0 Å². The van der Waals surface area contributed by atoms with Crippen LogP contribution in [0.2, 0.25) is 0 Å². The summed E-state index contributed by atoms with van der Waals surface area (Å²) < 4.78 is 40.3. The topological polar surface area (TPSA) is 37.8 Å². The summed E-state index contributed by atoms with van der Waals surface area (Å²) in [5.41, 5.74) is 0.873. The summed E-state index contributed by atoms with van der Waals surface area (Å²) in [6, 6.07) is 8.03. The lowest BCUT2D eigenvalue weighted by Crippen LogP contribution is -2.08. The minimum Gasteiger partial charge on any atom is -0.369 e. The van der Waals surface area contributed by atoms with Crippen LogP contribution in [0.15, 0.2) is 42.7 Å². The zero-order chi connectivity index (χ0) is 15.5. The summed E-state index contributed by atoms with van der Waals surface area (Å²) in [6.45, 7) is 0.336. The number of hydrogen-bond acceptors (Lipinski definition) is 3. The lowest BCUT2D eigenvalue weighted by atomic mass is 10.1. The van der Waals surface area contributed by atoms with Gasteiger partial charge in [0.1, 0.15) is 29.6 Å². The molecule has 0 unspecified atom stereocenters. The molecule has 1 heterocycles. The molecule has 0 spiro atoms. The van der Waals surface area contributed by atoms with Crippen LogP contribution in [0.3, 0.4) is 0 Å². The van der Waals surface area contributed by atoms with Crippen molar-refractivity contribution in [2.75, 3.05) is 11.9 Å². The molecule has 3 rings (SSSR count). The van der Waals surface area contributed by atoms with Gasteiger partial charge in [0.15, 0.2) is 0 Å². The van der Waals surface area contributed by atoms with Crippen molar-refractivity contribution in [3.05, 3.63) is 65.7 Å². The fourth-order valence-corrected chi connectivity index (χ4v) is 2.24. The molecule has 2 aromatic carbocycles. The van der Waals surface area contributed by atoms with Gasteiger partial charge < -0.3 is 5.32 Å². The van der Waals surface area contributed by atoms with Gasteiger partial charge in [-0.25, -0.2) is 23.1 Å². The second kappa shape index (κ2) is 6.01. The minimum absolute atomic E-state index is 0.296. The van der Waals surface area contributed by atoms with Crippen LogP contribution in [0.1, 0.15) is 5.56 Å². The summed E-state index contributed by atoms with van der Waals surface area (Å²) in [5, 5.41) is 3.26. The van der Waals surface area contributed by atoms with E-state index in [9.17, 15) is 13.2 Å². The standard InChI is InChI=1S/C16H12F3N3/c17-11-5-4-10(13(19)8-11)6-7-20-16-15-12(18)2-1-3-14(15)21-9-22-16/h1-5,8-9H,6-7H2,(H,20,21,22). The van der Waals surface area contributed by atoms with Gasteiger partial charge in [-0.2, -0.15) is 0 Å². The molecule has 22 heavy (non-hydrogen) atoms. The number of halogens is 3. The molecule has 3 aromatic rings. The van der Waals surface area contributed by atoms with Gasteiger partial charge in [-0.05, 0) is 30.2 Å². The van der Waals surface area contributed by atoms with E-state index in [1.165, 1.54) is 24.5 Å². The summed E-state index contributed by atoms with van der Waals surface area (Å²) in [4.78, 5) is 8.02. The average Bonchev–Trinajstić information content (AvgIpc) is 2.50. The SMILES string of the molecule is Fc1ccc(CCNc2ncnc3cccc(F)c23)c(F)c1. The molecule has 1 aromatic heterocycles. The van der Waals surface area contributed by atoms with Crippen LogP contribution in [0.5, 0.6) is 0 Å². The van der Waals surface area contributed by atoms with Crippen molar-refractivity contribution in [2.24, 2.45) is 0 Å². The van der Waals surface area contributed by atoms with E-state index in [2.05, 4.69) is 15.3 Å². The molecule has 0 amide bonds. The molecule has 0 radical (unpaired) electrons. The summed E-state index contributed by atoms with van der Waals surface area (Å²) in [5.74, 6) is -1.28. The third-order valence-corrected chi connectivity index (χ3v) is 3.31. The minimum atomic E-state index is -0.613. The van der Waals surface area contributed by atoms with Crippen LogP contribution in [0.25, 0.3) is 10.9 Å². The molecule has 0 bridgehead atoms. The maximum absolute atomic E-state index is 13.9. The largest absolute Gasteiger partial charge is 0.369 e. The first kappa shape index (κ1) is 14.3. The van der Waals surface area contributed by atoms with Crippen LogP contribution in [-0.2, 0) is 6.42 Å². The normalized spacial score (nSPS) is 10.9. The second-order valence-electron chi connectivity index (χ2n) is 4.77. The van der Waals surface area contributed by atoms with E-state index in [4.69, 9.17) is 0 Å². The first-order valence-corrected chi connectivity index (χ1v) is 6.72. The van der Waals surface area contributed by atoms with E-state index >= 15 is 0 Å². The van der Waals surface area contributed by atoms with E-state index in [1.807, 2.05) is 0 Å². The van der Waals surface area contributed by atoms with Gasteiger partial charge in [0.2, 0.25) is 0 Å². The van der Waals surface area contributed by atoms with Crippen molar-refractivity contribution in [3.63, 3.8) is 0 Å². The highest BCUT2D eigenvalue weighted by atomic mass is 19.1. The highest BCUT2D eigenvalue weighted by molar-refractivity contribution is 5.89. The van der Waals surface area contributed by atoms with Gasteiger partial charge in [0, 0.05) is 12.6 Å². The summed E-state index contributed by atoms with van der Waals surface area (Å²) in [7, 11) is 0. The highest BCUT2D eigenvalue weighted by Gasteiger charge is 2.09. The molecule has 0 saturated heterocycles. The second-order valence-corrected chi connectivity index (χ2v) is 4.77. The van der Waals surface area contributed by atoms with E-state index in [1.54, 1.807) is 12.1 Å². The van der Waals surface area contributed by atoms with Crippen LogP contribution < -0.4 is 5.32 Å². The first-order valence-electron chi connectivity index (χ1n) is 6.72. The Hall–Kier alpha value is -2.63. The van der Waals surface area contributed by atoms with Crippen molar-refractivity contribution in [2.45, 2.75) is 6.42 Å². The average molecular weight is 303 g/mol. The maximum Gasteiger partial charge on any atom is 0.140 e. The van der Waals surface area contributed by atoms with Gasteiger partial charge >= 0.3 is 0 Å². The highest BCUT2D eigenvalue weighted by Crippen LogP contribution is 2.22. The summed E-state index contributed by atoms with van der Waals surface area (Å²) in [6.07, 6.45) is 1.66. The van der Waals surface area contributed by atoms with Crippen LogP contribution >= 0.6 is 0 Å². The number of nitrogens with one attached hydrogen (secondary N) is 1. The van der Waals surface area contributed by atoms with Crippen molar-refractivity contribution in [1.82, 2.24) is 9.97 Å². The van der Waals surface area contributed by atoms with Gasteiger partial charge in [-0.15, -0.1) is 0 Å². The number of fused-ring (bicyclic) bond motifs is 1. The number of nitrogens with zero attached hydrogens (tertiary/aromatic N) is 2. The van der Waals surface area contributed by atoms with E-state index in [-0.39, 0.29) is 0 Å². The third kappa shape index (κ3) is 2.86. The molecule has 0 aliphatic carbocycles. The zero-order valence-electron chi connectivity index (χ0n) is 11.5. The molecule has 1 N–H and O–H groups in total. The zero-order valence-corrected chi connectivity index (χ0v) is 11.5. The van der Waals surface area contributed by atoms with E-state index in [0.29, 0.717) is 35.2 Å². The molecular weight excluding hydrogens is 291 g/mol. The van der Waals surface area contributed by atoms with Gasteiger partial charge in [0.05, 0.1) is 10.9 Å². The Morgan fingerprint density at radius 1 is 0.955 bits per heavy atom. The number of aromatic nitrogens is 2.